The van der Waals surface area contributed by atoms with Crippen LogP contribution in [0.25, 0.3) is 5.78 Å². The Morgan fingerprint density at radius 2 is 2.00 bits per heavy atom. The average molecular weight is 277 g/mol. The summed E-state index contributed by atoms with van der Waals surface area (Å²) in [4.78, 5) is 9.51. The monoisotopic (exact) mass is 276 g/mol. The number of hydrogen-bond donors (Lipinski definition) is 0. The van der Waals surface area contributed by atoms with Crippen LogP contribution < -0.4 is 0 Å². The molecule has 0 bridgehead atoms. The lowest BCUT2D eigenvalue weighted by atomic mass is 10.4. The van der Waals surface area contributed by atoms with Gasteiger partial charge in [0.05, 0.1) is 0 Å². The van der Waals surface area contributed by atoms with Crippen molar-refractivity contribution in [3.05, 3.63) is 47.4 Å². The van der Waals surface area contributed by atoms with Crippen molar-refractivity contribution >= 4 is 29.1 Å². The fraction of sp³-hybridized carbons (Fsp3) is 0.0833. The quantitative estimate of drug-likeness (QED) is 0.674. The average Bonchev–Trinajstić information content (AvgIpc) is 2.80. The van der Waals surface area contributed by atoms with Gasteiger partial charge in [-0.3, -0.25) is 0 Å². The Morgan fingerprint density at radius 3 is 2.78 bits per heavy atom. The molecule has 0 saturated heterocycles. The summed E-state index contributed by atoms with van der Waals surface area (Å²) in [6.45, 7) is 1.95. The molecule has 3 aromatic rings. The lowest BCUT2D eigenvalue weighted by Crippen LogP contribution is -1.96. The first-order valence-electron chi connectivity index (χ1n) is 5.33. The lowest BCUT2D eigenvalue weighted by Gasteiger charge is -2.04. The van der Waals surface area contributed by atoms with Crippen molar-refractivity contribution in [2.45, 2.75) is 16.8 Å². The third-order valence-electron chi connectivity index (χ3n) is 2.38. The van der Waals surface area contributed by atoms with Crippen LogP contribution in [0.4, 0.5) is 0 Å². The normalized spacial score (nSPS) is 11.0. The maximum atomic E-state index is 5.87. The zero-order chi connectivity index (χ0) is 12.5. The molecular formula is C12H9ClN4S. The molecule has 0 fully saturated rings. The molecule has 0 amide bonds. The molecule has 3 rings (SSSR count). The van der Waals surface area contributed by atoms with E-state index in [2.05, 4.69) is 15.1 Å². The fourth-order valence-corrected chi connectivity index (χ4v) is 2.68. The highest BCUT2D eigenvalue weighted by Crippen LogP contribution is 2.28. The molecule has 0 aliphatic rings. The summed E-state index contributed by atoms with van der Waals surface area (Å²) in [6.07, 6.45) is 1.51. The van der Waals surface area contributed by atoms with Crippen molar-refractivity contribution in [3.8, 4) is 0 Å². The minimum atomic E-state index is 0.617. The van der Waals surface area contributed by atoms with E-state index < -0.39 is 0 Å². The molecule has 0 N–H and O–H groups in total. The SMILES string of the molecule is Cc1cc(Sc2ccc(Cl)cc2)n2ncnc2n1. The van der Waals surface area contributed by atoms with Gasteiger partial charge in [0.15, 0.2) is 0 Å². The van der Waals surface area contributed by atoms with Crippen molar-refractivity contribution < 1.29 is 0 Å². The van der Waals surface area contributed by atoms with Gasteiger partial charge in [0, 0.05) is 15.6 Å². The highest BCUT2D eigenvalue weighted by molar-refractivity contribution is 7.99. The topological polar surface area (TPSA) is 43.1 Å². The maximum absolute atomic E-state index is 5.87. The fourth-order valence-electron chi connectivity index (χ4n) is 1.59. The number of aromatic nitrogens is 4. The van der Waals surface area contributed by atoms with Crippen molar-refractivity contribution in [1.29, 1.82) is 0 Å². The van der Waals surface area contributed by atoms with Gasteiger partial charge in [0.1, 0.15) is 11.4 Å². The van der Waals surface area contributed by atoms with Crippen LogP contribution in [0.2, 0.25) is 5.02 Å². The molecule has 4 nitrogen and oxygen atoms in total. The Bertz CT molecular complexity index is 693. The molecule has 0 spiro atoms. The smallest absolute Gasteiger partial charge is 0.216 e. The summed E-state index contributed by atoms with van der Waals surface area (Å²) in [6, 6.07) is 9.69. The van der Waals surface area contributed by atoms with Crippen LogP contribution in [0.3, 0.4) is 0 Å². The number of halogens is 1. The van der Waals surface area contributed by atoms with E-state index in [1.807, 2.05) is 37.3 Å². The molecule has 0 aliphatic heterocycles. The van der Waals surface area contributed by atoms with Crippen LogP contribution in [-0.4, -0.2) is 19.6 Å². The lowest BCUT2D eigenvalue weighted by molar-refractivity contribution is 0.833. The van der Waals surface area contributed by atoms with Crippen molar-refractivity contribution in [2.24, 2.45) is 0 Å². The number of hydrogen-bond acceptors (Lipinski definition) is 4. The van der Waals surface area contributed by atoms with E-state index in [1.54, 1.807) is 16.3 Å². The largest absolute Gasteiger partial charge is 0.253 e. The predicted molar refractivity (Wildman–Crippen MR) is 71.1 cm³/mol. The van der Waals surface area contributed by atoms with Gasteiger partial charge in [-0.15, -0.1) is 0 Å². The van der Waals surface area contributed by atoms with Gasteiger partial charge in [-0.25, -0.2) is 4.98 Å². The van der Waals surface area contributed by atoms with Crippen LogP contribution >= 0.6 is 23.4 Å². The second-order valence-corrected chi connectivity index (χ2v) is 5.29. The van der Waals surface area contributed by atoms with Crippen molar-refractivity contribution in [2.75, 3.05) is 0 Å². The zero-order valence-corrected chi connectivity index (χ0v) is 11.1. The molecule has 90 valence electrons. The Labute approximate surface area is 113 Å². The first-order chi connectivity index (χ1) is 8.72. The summed E-state index contributed by atoms with van der Waals surface area (Å²) in [5, 5.41) is 5.89. The second-order valence-electron chi connectivity index (χ2n) is 3.76. The molecule has 0 radical (unpaired) electrons. The number of aryl methyl sites for hydroxylation is 1. The Kier molecular flexibility index (Phi) is 2.93. The molecule has 0 atom stereocenters. The molecule has 0 aliphatic carbocycles. The van der Waals surface area contributed by atoms with Crippen LogP contribution in [0.1, 0.15) is 5.69 Å². The third-order valence-corrected chi connectivity index (χ3v) is 3.64. The van der Waals surface area contributed by atoms with E-state index in [9.17, 15) is 0 Å². The summed E-state index contributed by atoms with van der Waals surface area (Å²) < 4.78 is 1.73. The van der Waals surface area contributed by atoms with Gasteiger partial charge in [-0.2, -0.15) is 14.6 Å². The van der Waals surface area contributed by atoms with Gasteiger partial charge in [-0.05, 0) is 37.3 Å². The number of rotatable bonds is 2. The van der Waals surface area contributed by atoms with Crippen LogP contribution in [0.15, 0.2) is 46.6 Å². The molecule has 2 heterocycles. The van der Waals surface area contributed by atoms with E-state index in [0.717, 1.165) is 20.6 Å². The highest BCUT2D eigenvalue weighted by atomic mass is 35.5. The standard InChI is InChI=1S/C12H9ClN4S/c1-8-6-11(17-12(16-8)14-7-15-17)18-10-4-2-9(13)3-5-10/h2-7H,1H3. The Hall–Kier alpha value is -1.59. The van der Waals surface area contributed by atoms with Gasteiger partial charge >= 0.3 is 0 Å². The van der Waals surface area contributed by atoms with Crippen molar-refractivity contribution in [1.82, 2.24) is 19.6 Å². The van der Waals surface area contributed by atoms with E-state index in [4.69, 9.17) is 11.6 Å². The van der Waals surface area contributed by atoms with Gasteiger partial charge in [0.25, 0.3) is 5.78 Å². The van der Waals surface area contributed by atoms with Crippen LogP contribution in [0.5, 0.6) is 0 Å². The molecule has 6 heteroatoms. The van der Waals surface area contributed by atoms with Gasteiger partial charge in [0.2, 0.25) is 0 Å². The number of benzene rings is 1. The minimum Gasteiger partial charge on any atom is -0.216 e. The molecule has 0 unspecified atom stereocenters. The molecular weight excluding hydrogens is 268 g/mol. The summed E-state index contributed by atoms with van der Waals surface area (Å²) in [5.74, 6) is 0.617. The molecule has 0 saturated carbocycles. The van der Waals surface area contributed by atoms with E-state index in [1.165, 1.54) is 6.33 Å². The Balaban J connectivity index is 2.03. The molecule has 2 aromatic heterocycles. The first-order valence-corrected chi connectivity index (χ1v) is 6.52. The first kappa shape index (κ1) is 11.5. The zero-order valence-electron chi connectivity index (χ0n) is 9.54. The molecule has 18 heavy (non-hydrogen) atoms. The van der Waals surface area contributed by atoms with Gasteiger partial charge in [-0.1, -0.05) is 23.4 Å². The highest BCUT2D eigenvalue weighted by Gasteiger charge is 2.07. The maximum Gasteiger partial charge on any atom is 0.253 e. The summed E-state index contributed by atoms with van der Waals surface area (Å²) in [7, 11) is 0. The van der Waals surface area contributed by atoms with E-state index >= 15 is 0 Å². The summed E-state index contributed by atoms with van der Waals surface area (Å²) >= 11 is 7.48. The van der Waals surface area contributed by atoms with Crippen LogP contribution in [-0.2, 0) is 0 Å². The van der Waals surface area contributed by atoms with Gasteiger partial charge < -0.3 is 0 Å². The van der Waals surface area contributed by atoms with E-state index in [0.29, 0.717) is 5.78 Å². The number of nitrogens with zero attached hydrogens (tertiary/aromatic N) is 4. The van der Waals surface area contributed by atoms with Crippen LogP contribution in [0, 0.1) is 6.92 Å². The van der Waals surface area contributed by atoms with E-state index in [-0.39, 0.29) is 0 Å². The Morgan fingerprint density at radius 1 is 1.22 bits per heavy atom. The van der Waals surface area contributed by atoms with Crippen molar-refractivity contribution in [3.63, 3.8) is 0 Å². The minimum absolute atomic E-state index is 0.617. The second kappa shape index (κ2) is 4.59. The summed E-state index contributed by atoms with van der Waals surface area (Å²) in [5.41, 5.74) is 0.923. The predicted octanol–water partition coefficient (Wildman–Crippen LogP) is 3.24. The number of fused-ring (bicyclic) bond motifs is 1. The third kappa shape index (κ3) is 2.19. The molecule has 1 aromatic carbocycles.